The third-order valence-corrected chi connectivity index (χ3v) is 2.41. The first-order valence-electron chi connectivity index (χ1n) is 4.40. The van der Waals surface area contributed by atoms with Gasteiger partial charge in [0.25, 0.3) is 0 Å². The fourth-order valence-electron chi connectivity index (χ4n) is 1.02. The lowest BCUT2D eigenvalue weighted by atomic mass is 9.95. The van der Waals surface area contributed by atoms with Crippen LogP contribution in [0.4, 0.5) is 0 Å². The molecular formula is C9H20N2O. The van der Waals surface area contributed by atoms with Gasteiger partial charge in [0.1, 0.15) is 6.29 Å². The van der Waals surface area contributed by atoms with Gasteiger partial charge in [0.05, 0.1) is 5.54 Å². The van der Waals surface area contributed by atoms with Crippen LogP contribution in [0.5, 0.6) is 0 Å². The number of aldehydes is 1. The van der Waals surface area contributed by atoms with Crippen LogP contribution in [-0.2, 0) is 4.79 Å². The number of unbranched alkanes of at least 4 members (excludes halogenated alkanes) is 1. The summed E-state index contributed by atoms with van der Waals surface area (Å²) < 4.78 is 0. The van der Waals surface area contributed by atoms with E-state index in [1.54, 1.807) is 0 Å². The number of nitrogens with zero attached hydrogens (tertiary/aromatic N) is 1. The van der Waals surface area contributed by atoms with Crippen LogP contribution >= 0.6 is 0 Å². The van der Waals surface area contributed by atoms with Gasteiger partial charge in [-0.25, -0.2) is 0 Å². The molecule has 3 nitrogen and oxygen atoms in total. The Balaban J connectivity index is 3.88. The molecule has 0 aromatic carbocycles. The van der Waals surface area contributed by atoms with Crippen molar-refractivity contribution < 1.29 is 4.79 Å². The molecule has 0 heterocycles. The van der Waals surface area contributed by atoms with Gasteiger partial charge in [-0.2, -0.15) is 0 Å². The summed E-state index contributed by atoms with van der Waals surface area (Å²) in [6.07, 6.45) is 3.92. The minimum Gasteiger partial charge on any atom is -0.330 e. The highest BCUT2D eigenvalue weighted by atomic mass is 16.1. The van der Waals surface area contributed by atoms with Gasteiger partial charge in [-0.05, 0) is 46.8 Å². The third kappa shape index (κ3) is 3.32. The van der Waals surface area contributed by atoms with E-state index in [1.807, 2.05) is 25.9 Å². The van der Waals surface area contributed by atoms with E-state index >= 15 is 0 Å². The Morgan fingerprint density at radius 2 is 2.00 bits per heavy atom. The van der Waals surface area contributed by atoms with E-state index in [-0.39, 0.29) is 5.54 Å². The fraction of sp³-hybridized carbons (Fsp3) is 0.889. The van der Waals surface area contributed by atoms with Crippen molar-refractivity contribution in [1.29, 1.82) is 0 Å². The molecular weight excluding hydrogens is 152 g/mol. The van der Waals surface area contributed by atoms with Crippen LogP contribution in [0.1, 0.15) is 26.2 Å². The van der Waals surface area contributed by atoms with Crippen LogP contribution < -0.4 is 5.73 Å². The molecule has 0 saturated carbocycles. The van der Waals surface area contributed by atoms with E-state index in [0.717, 1.165) is 25.5 Å². The highest BCUT2D eigenvalue weighted by molar-refractivity contribution is 5.63. The normalized spacial score (nSPS) is 16.1. The monoisotopic (exact) mass is 172 g/mol. The highest BCUT2D eigenvalue weighted by Crippen LogP contribution is 2.16. The van der Waals surface area contributed by atoms with Crippen LogP contribution in [0, 0.1) is 0 Å². The van der Waals surface area contributed by atoms with Gasteiger partial charge in [0.15, 0.2) is 0 Å². The number of nitrogens with two attached hydrogens (primary N) is 1. The van der Waals surface area contributed by atoms with E-state index in [2.05, 4.69) is 0 Å². The molecule has 0 aliphatic heterocycles. The lowest BCUT2D eigenvalue weighted by molar-refractivity contribution is -0.116. The SMILES string of the molecule is CN(C)[C@](C)(C=O)CCCCN. The van der Waals surface area contributed by atoms with Crippen molar-refractivity contribution in [1.82, 2.24) is 4.90 Å². The van der Waals surface area contributed by atoms with Gasteiger partial charge >= 0.3 is 0 Å². The van der Waals surface area contributed by atoms with Crippen LogP contribution in [0.3, 0.4) is 0 Å². The lowest BCUT2D eigenvalue weighted by Crippen LogP contribution is -2.42. The minimum absolute atomic E-state index is 0.310. The Morgan fingerprint density at radius 1 is 1.42 bits per heavy atom. The Bertz CT molecular complexity index is 136. The first-order chi connectivity index (χ1) is 5.56. The quantitative estimate of drug-likeness (QED) is 0.472. The highest BCUT2D eigenvalue weighted by Gasteiger charge is 2.24. The average molecular weight is 172 g/mol. The predicted molar refractivity (Wildman–Crippen MR) is 51.1 cm³/mol. The van der Waals surface area contributed by atoms with Crippen molar-refractivity contribution in [2.24, 2.45) is 5.73 Å². The van der Waals surface area contributed by atoms with E-state index in [1.165, 1.54) is 0 Å². The van der Waals surface area contributed by atoms with Gasteiger partial charge in [0, 0.05) is 0 Å². The first-order valence-corrected chi connectivity index (χ1v) is 4.40. The van der Waals surface area contributed by atoms with E-state index in [0.29, 0.717) is 6.54 Å². The summed E-state index contributed by atoms with van der Waals surface area (Å²) in [4.78, 5) is 12.7. The summed E-state index contributed by atoms with van der Waals surface area (Å²) in [5, 5.41) is 0. The molecule has 3 heteroatoms. The molecule has 0 aromatic heterocycles. The zero-order chi connectivity index (χ0) is 9.61. The molecule has 72 valence electrons. The second-order valence-corrected chi connectivity index (χ2v) is 3.62. The largest absolute Gasteiger partial charge is 0.330 e. The van der Waals surface area contributed by atoms with Crippen molar-refractivity contribution in [2.75, 3.05) is 20.6 Å². The number of hydrogen-bond acceptors (Lipinski definition) is 3. The molecule has 0 amide bonds. The van der Waals surface area contributed by atoms with Crippen molar-refractivity contribution in [3.8, 4) is 0 Å². The minimum atomic E-state index is -0.310. The summed E-state index contributed by atoms with van der Waals surface area (Å²) in [5.74, 6) is 0. The van der Waals surface area contributed by atoms with Gasteiger partial charge in [0.2, 0.25) is 0 Å². The fourth-order valence-corrected chi connectivity index (χ4v) is 1.02. The standard InChI is InChI=1S/C9H20N2O/c1-9(8-12,11(2)3)6-4-5-7-10/h8H,4-7,10H2,1-3H3/t9-/m0/s1. The number of carbonyl (C=O) groups is 1. The smallest absolute Gasteiger partial charge is 0.139 e. The molecule has 12 heavy (non-hydrogen) atoms. The maximum atomic E-state index is 10.8. The maximum absolute atomic E-state index is 10.8. The molecule has 0 aliphatic carbocycles. The van der Waals surface area contributed by atoms with Crippen molar-refractivity contribution in [3.05, 3.63) is 0 Å². The molecule has 0 rings (SSSR count). The second kappa shape index (κ2) is 5.27. The zero-order valence-corrected chi connectivity index (χ0v) is 8.34. The topological polar surface area (TPSA) is 46.3 Å². The summed E-state index contributed by atoms with van der Waals surface area (Å²) in [6.45, 7) is 2.67. The van der Waals surface area contributed by atoms with Crippen LogP contribution in [0.2, 0.25) is 0 Å². The van der Waals surface area contributed by atoms with Crippen molar-refractivity contribution in [3.63, 3.8) is 0 Å². The number of rotatable bonds is 6. The van der Waals surface area contributed by atoms with Gasteiger partial charge < -0.3 is 10.5 Å². The molecule has 0 saturated heterocycles. The Morgan fingerprint density at radius 3 is 2.33 bits per heavy atom. The molecule has 0 fully saturated rings. The molecule has 2 N–H and O–H groups in total. The molecule has 0 aliphatic rings. The summed E-state index contributed by atoms with van der Waals surface area (Å²) >= 11 is 0. The Hall–Kier alpha value is -0.410. The predicted octanol–water partition coefficient (Wildman–Crippen LogP) is 0.635. The summed E-state index contributed by atoms with van der Waals surface area (Å²) in [6, 6.07) is 0. The summed E-state index contributed by atoms with van der Waals surface area (Å²) in [5.41, 5.74) is 5.06. The Labute approximate surface area is 74.9 Å². The van der Waals surface area contributed by atoms with Gasteiger partial charge in [-0.1, -0.05) is 0 Å². The average Bonchev–Trinajstić information content (AvgIpc) is 2.04. The van der Waals surface area contributed by atoms with Crippen LogP contribution in [0.25, 0.3) is 0 Å². The molecule has 0 unspecified atom stereocenters. The van der Waals surface area contributed by atoms with Crippen molar-refractivity contribution >= 4 is 6.29 Å². The van der Waals surface area contributed by atoms with E-state index in [9.17, 15) is 4.79 Å². The van der Waals surface area contributed by atoms with Gasteiger partial charge in [-0.3, -0.25) is 4.90 Å². The Kier molecular flexibility index (Phi) is 5.09. The van der Waals surface area contributed by atoms with Crippen LogP contribution in [0.15, 0.2) is 0 Å². The van der Waals surface area contributed by atoms with E-state index in [4.69, 9.17) is 5.73 Å². The molecule has 0 aromatic rings. The van der Waals surface area contributed by atoms with E-state index < -0.39 is 0 Å². The van der Waals surface area contributed by atoms with Gasteiger partial charge in [-0.15, -0.1) is 0 Å². The van der Waals surface area contributed by atoms with Crippen LogP contribution in [-0.4, -0.2) is 37.4 Å². The number of hydrogen-bond donors (Lipinski definition) is 1. The first kappa shape index (κ1) is 11.6. The number of likely N-dealkylation sites (N-methyl/N-ethyl adjacent to an activating group) is 1. The van der Waals surface area contributed by atoms with Crippen molar-refractivity contribution in [2.45, 2.75) is 31.7 Å². The second-order valence-electron chi connectivity index (χ2n) is 3.62. The number of carbonyl (C=O) groups excluding carboxylic acids is 1. The zero-order valence-electron chi connectivity index (χ0n) is 8.34. The molecule has 0 spiro atoms. The molecule has 0 radical (unpaired) electrons. The maximum Gasteiger partial charge on any atom is 0.139 e. The molecule has 0 bridgehead atoms. The summed E-state index contributed by atoms with van der Waals surface area (Å²) in [7, 11) is 3.85. The third-order valence-electron chi connectivity index (χ3n) is 2.41. The lowest BCUT2D eigenvalue weighted by Gasteiger charge is -2.30. The molecule has 1 atom stereocenters.